The molecule has 32 heavy (non-hydrogen) atoms. The van der Waals surface area contributed by atoms with E-state index in [-0.39, 0.29) is 17.3 Å². The van der Waals surface area contributed by atoms with Gasteiger partial charge in [0.2, 0.25) is 5.91 Å². The zero-order chi connectivity index (χ0) is 23.3. The topological polar surface area (TPSA) is 115 Å². The molecule has 3 rings (SSSR count). The molecule has 1 amide bonds. The van der Waals surface area contributed by atoms with Gasteiger partial charge in [0.05, 0.1) is 17.2 Å². The van der Waals surface area contributed by atoms with Crippen LogP contribution in [0.4, 0.5) is 17.1 Å². The Kier molecular flexibility index (Phi) is 7.70. The number of nitrogens with one attached hydrogen (secondary N) is 2. The van der Waals surface area contributed by atoms with Gasteiger partial charge in [0.1, 0.15) is 0 Å². The fourth-order valence-electron chi connectivity index (χ4n) is 2.97. The van der Waals surface area contributed by atoms with Gasteiger partial charge in [-0.2, -0.15) is 0 Å². The minimum absolute atomic E-state index is 0.0341. The molecule has 0 unspecified atom stereocenters. The summed E-state index contributed by atoms with van der Waals surface area (Å²) >= 11 is 7.43. The Balaban J connectivity index is 1.60. The van der Waals surface area contributed by atoms with Gasteiger partial charge >= 0.3 is 0 Å². The Labute approximate surface area is 194 Å². The first-order valence-electron chi connectivity index (χ1n) is 9.88. The third-order valence-electron chi connectivity index (χ3n) is 4.75. The van der Waals surface area contributed by atoms with Crippen molar-refractivity contribution < 1.29 is 9.72 Å². The maximum Gasteiger partial charge on any atom is 0.274 e. The molecule has 0 bridgehead atoms. The Morgan fingerprint density at radius 2 is 1.88 bits per heavy atom. The second kappa shape index (κ2) is 10.5. The van der Waals surface area contributed by atoms with E-state index >= 15 is 0 Å². The van der Waals surface area contributed by atoms with Crippen molar-refractivity contribution in [3.63, 3.8) is 0 Å². The molecule has 0 aliphatic rings. The van der Waals surface area contributed by atoms with Crippen molar-refractivity contribution in [3.05, 3.63) is 68.5 Å². The molecular weight excluding hydrogens is 452 g/mol. The lowest BCUT2D eigenvalue weighted by molar-refractivity contribution is -0.385. The number of hydrogen-bond acceptors (Lipinski definition) is 7. The summed E-state index contributed by atoms with van der Waals surface area (Å²) in [6.45, 7) is 6.68. The lowest BCUT2D eigenvalue weighted by Crippen LogP contribution is -2.15. The van der Waals surface area contributed by atoms with Crippen LogP contribution in [0.3, 0.4) is 0 Å². The van der Waals surface area contributed by atoms with Crippen LogP contribution in [0.15, 0.2) is 41.6 Å². The highest BCUT2D eigenvalue weighted by Crippen LogP contribution is 2.24. The van der Waals surface area contributed by atoms with Gasteiger partial charge < -0.3 is 15.2 Å². The Bertz CT molecular complexity index is 1150. The number of anilines is 2. The second-order valence-corrected chi connectivity index (χ2v) is 8.41. The highest BCUT2D eigenvalue weighted by Gasteiger charge is 2.15. The number of nitrogens with zero attached hydrogens (tertiary/aromatic N) is 4. The number of carbonyl (C=O) groups is 1. The van der Waals surface area contributed by atoms with Crippen molar-refractivity contribution in [1.82, 2.24) is 14.8 Å². The smallest absolute Gasteiger partial charge is 0.274 e. The van der Waals surface area contributed by atoms with Crippen molar-refractivity contribution in [2.24, 2.45) is 0 Å². The molecule has 0 aliphatic carbocycles. The molecule has 2 N–H and O–H groups in total. The van der Waals surface area contributed by atoms with Gasteiger partial charge in [0.25, 0.3) is 5.69 Å². The average molecular weight is 475 g/mol. The summed E-state index contributed by atoms with van der Waals surface area (Å²) in [7, 11) is 0. The number of thioether (sulfide) groups is 1. The third kappa shape index (κ3) is 5.77. The molecule has 1 aromatic heterocycles. The zero-order valence-electron chi connectivity index (χ0n) is 17.9. The van der Waals surface area contributed by atoms with Crippen LogP contribution in [0.5, 0.6) is 0 Å². The lowest BCUT2D eigenvalue weighted by Gasteiger charge is -2.10. The summed E-state index contributed by atoms with van der Waals surface area (Å²) in [5, 5.41) is 26.8. The second-order valence-electron chi connectivity index (χ2n) is 7.06. The molecule has 0 fully saturated rings. The maximum absolute atomic E-state index is 12.3. The lowest BCUT2D eigenvalue weighted by atomic mass is 10.2. The van der Waals surface area contributed by atoms with Gasteiger partial charge in [-0.05, 0) is 44.5 Å². The van der Waals surface area contributed by atoms with E-state index in [9.17, 15) is 14.9 Å². The van der Waals surface area contributed by atoms with Gasteiger partial charge in [0, 0.05) is 34.6 Å². The van der Waals surface area contributed by atoms with Gasteiger partial charge in [0.15, 0.2) is 11.0 Å². The fraction of sp³-hybridized carbons (Fsp3) is 0.286. The van der Waals surface area contributed by atoms with E-state index in [1.165, 1.54) is 17.8 Å². The number of carbonyl (C=O) groups excluding carboxylic acids is 1. The number of rotatable bonds is 9. The van der Waals surface area contributed by atoms with Crippen LogP contribution in [-0.2, 0) is 17.9 Å². The van der Waals surface area contributed by atoms with E-state index in [2.05, 4.69) is 20.8 Å². The highest BCUT2D eigenvalue weighted by atomic mass is 35.5. The number of nitro groups is 1. The maximum atomic E-state index is 12.3. The summed E-state index contributed by atoms with van der Waals surface area (Å²) in [6, 6.07) is 10.4. The van der Waals surface area contributed by atoms with E-state index in [4.69, 9.17) is 11.6 Å². The number of hydrogen-bond donors (Lipinski definition) is 2. The minimum atomic E-state index is -0.469. The molecule has 0 aliphatic heterocycles. The SMILES string of the molecule is CCn1c(CNc2ccc(C)c(Cl)c2)nnc1SCC(=O)Nc1ccc(C)c([N+](=O)[O-])c1. The van der Waals surface area contributed by atoms with Crippen LogP contribution in [-0.4, -0.2) is 31.3 Å². The monoisotopic (exact) mass is 474 g/mol. The molecule has 0 saturated carbocycles. The highest BCUT2D eigenvalue weighted by molar-refractivity contribution is 7.99. The van der Waals surface area contributed by atoms with Crippen molar-refractivity contribution in [2.75, 3.05) is 16.4 Å². The van der Waals surface area contributed by atoms with Crippen molar-refractivity contribution in [1.29, 1.82) is 0 Å². The van der Waals surface area contributed by atoms with E-state index in [1.54, 1.807) is 19.1 Å². The summed E-state index contributed by atoms with van der Waals surface area (Å²) in [6.07, 6.45) is 0. The number of halogens is 1. The van der Waals surface area contributed by atoms with Crippen LogP contribution in [0.2, 0.25) is 5.02 Å². The summed E-state index contributed by atoms with van der Waals surface area (Å²) in [4.78, 5) is 23.0. The largest absolute Gasteiger partial charge is 0.378 e. The summed E-state index contributed by atoms with van der Waals surface area (Å²) in [5.41, 5.74) is 2.77. The molecule has 0 spiro atoms. The molecule has 11 heteroatoms. The minimum Gasteiger partial charge on any atom is -0.378 e. The van der Waals surface area contributed by atoms with Gasteiger partial charge in [-0.15, -0.1) is 10.2 Å². The average Bonchev–Trinajstić information content (AvgIpc) is 3.16. The zero-order valence-corrected chi connectivity index (χ0v) is 19.5. The van der Waals surface area contributed by atoms with Crippen LogP contribution in [0, 0.1) is 24.0 Å². The Morgan fingerprint density at radius 3 is 2.56 bits per heavy atom. The van der Waals surface area contributed by atoms with Crippen molar-refractivity contribution in [3.8, 4) is 0 Å². The number of amides is 1. The normalized spacial score (nSPS) is 10.8. The quantitative estimate of drug-likeness (QED) is 0.259. The van der Waals surface area contributed by atoms with E-state index in [1.807, 2.05) is 36.6 Å². The first-order chi connectivity index (χ1) is 15.3. The molecule has 0 saturated heterocycles. The molecule has 168 valence electrons. The van der Waals surface area contributed by atoms with Gasteiger partial charge in [-0.3, -0.25) is 14.9 Å². The summed E-state index contributed by atoms with van der Waals surface area (Å²) < 4.78 is 1.93. The molecule has 9 nitrogen and oxygen atoms in total. The first kappa shape index (κ1) is 23.6. The number of nitro benzene ring substituents is 1. The molecule has 3 aromatic rings. The molecule has 0 atom stereocenters. The van der Waals surface area contributed by atoms with Crippen LogP contribution in [0.1, 0.15) is 23.9 Å². The number of aryl methyl sites for hydroxylation is 2. The molecule has 0 radical (unpaired) electrons. The van der Waals surface area contributed by atoms with Crippen LogP contribution in [0.25, 0.3) is 0 Å². The Hall–Kier alpha value is -3.11. The van der Waals surface area contributed by atoms with E-state index < -0.39 is 4.92 Å². The molecule has 1 heterocycles. The number of aromatic nitrogens is 3. The predicted octanol–water partition coefficient (Wildman–Crippen LogP) is 4.82. The van der Waals surface area contributed by atoms with E-state index in [0.717, 1.165) is 17.1 Å². The first-order valence-corrected chi connectivity index (χ1v) is 11.2. The number of benzene rings is 2. The van der Waals surface area contributed by atoms with Crippen molar-refractivity contribution in [2.45, 2.75) is 39.0 Å². The van der Waals surface area contributed by atoms with Crippen LogP contribution >= 0.6 is 23.4 Å². The molecular formula is C21H23ClN6O3S. The Morgan fingerprint density at radius 1 is 1.16 bits per heavy atom. The van der Waals surface area contributed by atoms with E-state index in [0.29, 0.717) is 34.5 Å². The molecule has 2 aromatic carbocycles. The van der Waals surface area contributed by atoms with Gasteiger partial charge in [-0.25, -0.2) is 0 Å². The predicted molar refractivity (Wildman–Crippen MR) is 126 cm³/mol. The van der Waals surface area contributed by atoms with Gasteiger partial charge in [-0.1, -0.05) is 35.5 Å². The van der Waals surface area contributed by atoms with Crippen LogP contribution < -0.4 is 10.6 Å². The third-order valence-corrected chi connectivity index (χ3v) is 6.13. The summed E-state index contributed by atoms with van der Waals surface area (Å²) in [5.74, 6) is 0.551. The fourth-order valence-corrected chi connectivity index (χ4v) is 3.97. The standard InChI is InChI=1S/C21H23ClN6O3S/c1-4-27-19(11-23-15-7-5-13(2)17(22)9-15)25-26-21(27)32-12-20(29)24-16-8-6-14(3)18(10-16)28(30)31/h5-10,23H,4,11-12H2,1-3H3,(H,24,29). The van der Waals surface area contributed by atoms with Crippen molar-refractivity contribution >= 4 is 46.3 Å².